The lowest BCUT2D eigenvalue weighted by Crippen LogP contribution is -2.44. The van der Waals surface area contributed by atoms with Crippen LogP contribution in [0.25, 0.3) is 10.9 Å². The Balaban J connectivity index is 0.00000120. The molecule has 0 unspecified atom stereocenters. The van der Waals surface area contributed by atoms with Crippen LogP contribution < -0.4 is 0 Å². The molecular weight excluding hydrogens is 246 g/mol. The van der Waals surface area contributed by atoms with Crippen LogP contribution in [0.3, 0.4) is 0 Å². The third kappa shape index (κ3) is 2.69. The van der Waals surface area contributed by atoms with E-state index in [9.17, 15) is 0 Å². The van der Waals surface area contributed by atoms with Crippen molar-refractivity contribution in [3.8, 4) is 0 Å². The summed E-state index contributed by atoms with van der Waals surface area (Å²) >= 11 is 0. The van der Waals surface area contributed by atoms with E-state index in [1.165, 1.54) is 37.1 Å². The zero-order valence-corrected chi connectivity index (χ0v) is 11.6. The fourth-order valence-electron chi connectivity index (χ4n) is 2.47. The quantitative estimate of drug-likeness (QED) is 0.825. The van der Waals surface area contributed by atoms with Gasteiger partial charge < -0.3 is 9.47 Å². The molecule has 98 valence electrons. The van der Waals surface area contributed by atoms with Gasteiger partial charge in [-0.15, -0.1) is 12.4 Å². The van der Waals surface area contributed by atoms with Gasteiger partial charge in [0.15, 0.2) is 0 Å². The molecule has 1 aliphatic rings. The molecule has 0 saturated carbocycles. The van der Waals surface area contributed by atoms with Crippen molar-refractivity contribution in [2.45, 2.75) is 6.67 Å². The molecule has 3 nitrogen and oxygen atoms in total. The lowest BCUT2D eigenvalue weighted by molar-refractivity contribution is 0.126. The van der Waals surface area contributed by atoms with Crippen LogP contribution >= 0.6 is 12.4 Å². The first kappa shape index (κ1) is 13.4. The number of aromatic nitrogens is 1. The summed E-state index contributed by atoms with van der Waals surface area (Å²) in [6.45, 7) is 5.71. The normalized spacial score (nSPS) is 17.8. The number of benzene rings is 1. The Kier molecular flexibility index (Phi) is 4.27. The first-order valence-electron chi connectivity index (χ1n) is 6.28. The lowest BCUT2D eigenvalue weighted by Gasteiger charge is -2.32. The minimum absolute atomic E-state index is 0. The maximum absolute atomic E-state index is 2.52. The third-order valence-electron chi connectivity index (χ3n) is 3.63. The molecule has 3 rings (SSSR count). The molecule has 18 heavy (non-hydrogen) atoms. The molecule has 2 heterocycles. The molecule has 4 heteroatoms. The van der Waals surface area contributed by atoms with E-state index in [1.807, 2.05) is 0 Å². The van der Waals surface area contributed by atoms with Gasteiger partial charge in [-0.2, -0.15) is 0 Å². The number of hydrogen-bond donors (Lipinski definition) is 0. The van der Waals surface area contributed by atoms with E-state index >= 15 is 0 Å². The van der Waals surface area contributed by atoms with Crippen molar-refractivity contribution in [2.24, 2.45) is 0 Å². The van der Waals surface area contributed by atoms with Gasteiger partial charge in [0, 0.05) is 37.9 Å². The van der Waals surface area contributed by atoms with E-state index in [0.29, 0.717) is 0 Å². The van der Waals surface area contributed by atoms with Crippen molar-refractivity contribution in [3.63, 3.8) is 0 Å². The van der Waals surface area contributed by atoms with E-state index in [-0.39, 0.29) is 12.4 Å². The lowest BCUT2D eigenvalue weighted by atomic mass is 10.2. The second-order valence-electron chi connectivity index (χ2n) is 4.91. The van der Waals surface area contributed by atoms with Crippen LogP contribution in [0, 0.1) is 0 Å². The summed E-state index contributed by atoms with van der Waals surface area (Å²) < 4.78 is 2.35. The van der Waals surface area contributed by atoms with Crippen LogP contribution in [-0.2, 0) is 6.67 Å². The summed E-state index contributed by atoms with van der Waals surface area (Å²) in [7, 11) is 2.20. The summed E-state index contributed by atoms with van der Waals surface area (Å²) in [6, 6.07) is 10.8. The molecule has 1 fully saturated rings. The second-order valence-corrected chi connectivity index (χ2v) is 4.91. The summed E-state index contributed by atoms with van der Waals surface area (Å²) in [6.07, 6.45) is 2.20. The summed E-state index contributed by atoms with van der Waals surface area (Å²) in [4.78, 5) is 4.91. The molecule has 2 aromatic rings. The molecule has 1 aromatic heterocycles. The van der Waals surface area contributed by atoms with Gasteiger partial charge >= 0.3 is 0 Å². The monoisotopic (exact) mass is 265 g/mol. The van der Waals surface area contributed by atoms with Crippen LogP contribution in [0.15, 0.2) is 36.5 Å². The number of halogens is 1. The largest absolute Gasteiger partial charge is 0.334 e. The Hall–Kier alpha value is -1.03. The summed E-state index contributed by atoms with van der Waals surface area (Å²) in [5, 5.41) is 1.33. The second kappa shape index (κ2) is 5.74. The number of likely N-dealkylation sites (N-methyl/N-ethyl adjacent to an activating group) is 1. The molecule has 1 saturated heterocycles. The molecule has 0 spiro atoms. The zero-order chi connectivity index (χ0) is 11.7. The molecule has 0 amide bonds. The standard InChI is InChI=1S/C14H19N3.ClH/c1-15-8-10-16(11-9-15)12-17-7-6-13-4-2-3-5-14(13)17;/h2-7H,8-12H2,1H3;1H. The maximum Gasteiger partial charge on any atom is 0.0751 e. The van der Waals surface area contributed by atoms with Gasteiger partial charge in [-0.05, 0) is 24.6 Å². The van der Waals surface area contributed by atoms with Gasteiger partial charge in [-0.25, -0.2) is 0 Å². The van der Waals surface area contributed by atoms with Crippen LogP contribution in [0.4, 0.5) is 0 Å². The van der Waals surface area contributed by atoms with E-state index in [1.54, 1.807) is 0 Å². The van der Waals surface area contributed by atoms with Crippen molar-refractivity contribution in [3.05, 3.63) is 36.5 Å². The fourth-order valence-corrected chi connectivity index (χ4v) is 2.47. The van der Waals surface area contributed by atoms with E-state index in [2.05, 4.69) is 57.9 Å². The molecule has 0 bridgehead atoms. The Labute approximate surface area is 114 Å². The summed E-state index contributed by atoms with van der Waals surface area (Å²) in [5.74, 6) is 0. The van der Waals surface area contributed by atoms with Crippen LogP contribution in [0.1, 0.15) is 0 Å². The number of rotatable bonds is 2. The summed E-state index contributed by atoms with van der Waals surface area (Å²) in [5.41, 5.74) is 1.34. The molecular formula is C14H20ClN3. The third-order valence-corrected chi connectivity index (χ3v) is 3.63. The van der Waals surface area contributed by atoms with Gasteiger partial charge in [0.2, 0.25) is 0 Å². The fraction of sp³-hybridized carbons (Fsp3) is 0.429. The Morgan fingerprint density at radius 1 is 1.00 bits per heavy atom. The highest BCUT2D eigenvalue weighted by molar-refractivity contribution is 5.85. The molecule has 0 atom stereocenters. The van der Waals surface area contributed by atoms with E-state index < -0.39 is 0 Å². The van der Waals surface area contributed by atoms with Gasteiger partial charge in [-0.3, -0.25) is 4.90 Å². The Bertz CT molecular complexity index is 500. The first-order chi connectivity index (χ1) is 8.33. The number of para-hydroxylation sites is 1. The predicted octanol–water partition coefficient (Wildman–Crippen LogP) is 2.27. The highest BCUT2D eigenvalue weighted by atomic mass is 35.5. The average Bonchev–Trinajstić information content (AvgIpc) is 2.76. The van der Waals surface area contributed by atoms with Crippen molar-refractivity contribution in [1.82, 2.24) is 14.4 Å². The van der Waals surface area contributed by atoms with Crippen LogP contribution in [0.2, 0.25) is 0 Å². The van der Waals surface area contributed by atoms with E-state index in [4.69, 9.17) is 0 Å². The van der Waals surface area contributed by atoms with Gasteiger partial charge in [-0.1, -0.05) is 18.2 Å². The van der Waals surface area contributed by atoms with Gasteiger partial charge in [0.1, 0.15) is 0 Å². The number of hydrogen-bond acceptors (Lipinski definition) is 2. The topological polar surface area (TPSA) is 11.4 Å². The van der Waals surface area contributed by atoms with Crippen molar-refractivity contribution in [2.75, 3.05) is 33.2 Å². The minimum Gasteiger partial charge on any atom is -0.334 e. The Morgan fingerprint density at radius 3 is 2.50 bits per heavy atom. The molecule has 1 aromatic carbocycles. The molecule has 0 aliphatic carbocycles. The molecule has 1 aliphatic heterocycles. The smallest absolute Gasteiger partial charge is 0.0751 e. The van der Waals surface area contributed by atoms with Gasteiger partial charge in [0.05, 0.1) is 6.67 Å². The minimum atomic E-state index is 0. The number of nitrogens with zero attached hydrogens (tertiary/aromatic N) is 3. The van der Waals surface area contributed by atoms with Crippen molar-refractivity contribution < 1.29 is 0 Å². The van der Waals surface area contributed by atoms with Crippen molar-refractivity contribution in [1.29, 1.82) is 0 Å². The van der Waals surface area contributed by atoms with Gasteiger partial charge in [0.25, 0.3) is 0 Å². The molecule has 0 N–H and O–H groups in total. The van der Waals surface area contributed by atoms with Crippen LogP contribution in [-0.4, -0.2) is 47.6 Å². The highest BCUT2D eigenvalue weighted by Crippen LogP contribution is 2.15. The predicted molar refractivity (Wildman–Crippen MR) is 78.3 cm³/mol. The first-order valence-corrected chi connectivity index (χ1v) is 6.28. The SMILES string of the molecule is CN1CCN(Cn2ccc3ccccc32)CC1.Cl. The van der Waals surface area contributed by atoms with Crippen molar-refractivity contribution >= 4 is 23.3 Å². The highest BCUT2D eigenvalue weighted by Gasteiger charge is 2.14. The maximum atomic E-state index is 2.52. The zero-order valence-electron chi connectivity index (χ0n) is 10.7. The van der Waals surface area contributed by atoms with E-state index in [0.717, 1.165) is 6.67 Å². The molecule has 0 radical (unpaired) electrons. The number of piperazine rings is 1. The Morgan fingerprint density at radius 2 is 1.72 bits per heavy atom. The number of fused-ring (bicyclic) bond motifs is 1. The van der Waals surface area contributed by atoms with Crippen LogP contribution in [0.5, 0.6) is 0 Å². The average molecular weight is 266 g/mol.